The molecule has 3 rings (SSSR count). The number of anilines is 1. The predicted octanol–water partition coefficient (Wildman–Crippen LogP) is 0.0160. The fourth-order valence-corrected chi connectivity index (χ4v) is 2.33. The van der Waals surface area contributed by atoms with Crippen molar-refractivity contribution in [3.8, 4) is 0 Å². The zero-order chi connectivity index (χ0) is 16.9. The van der Waals surface area contributed by atoms with Crippen molar-refractivity contribution in [1.82, 2.24) is 19.5 Å². The van der Waals surface area contributed by atoms with Crippen LogP contribution in [0, 0.1) is 0 Å². The first kappa shape index (κ1) is 15.8. The molecule has 23 heavy (non-hydrogen) atoms. The molecule has 1 fully saturated rings. The van der Waals surface area contributed by atoms with Crippen LogP contribution >= 0.6 is 0 Å². The monoisotopic (exact) mass is 337 g/mol. The first-order chi connectivity index (χ1) is 10.7. The summed E-state index contributed by atoms with van der Waals surface area (Å²) in [4.78, 5) is 10.2. The number of aromatic nitrogens is 4. The van der Waals surface area contributed by atoms with Crippen LogP contribution in [-0.2, 0) is 10.9 Å². The topological polar surface area (TPSA) is 119 Å². The fraction of sp³-hybridized carbons (Fsp3) is 0.545. The molecule has 12 heteroatoms. The summed E-state index contributed by atoms with van der Waals surface area (Å²) in [6.45, 7) is -0.657. The summed E-state index contributed by atoms with van der Waals surface area (Å²) in [5.74, 6) is -2.02. The van der Waals surface area contributed by atoms with Crippen LogP contribution in [0.5, 0.6) is 0 Å². The fourth-order valence-electron chi connectivity index (χ4n) is 2.33. The van der Waals surface area contributed by atoms with E-state index < -0.39 is 49.0 Å². The molecule has 1 aliphatic rings. The van der Waals surface area contributed by atoms with E-state index in [4.69, 9.17) is 15.6 Å². The summed E-state index contributed by atoms with van der Waals surface area (Å²) < 4.78 is 58.4. The molecule has 0 amide bonds. The molecule has 3 heterocycles. The molecule has 0 radical (unpaired) electrons. The number of rotatable bonds is 2. The molecule has 0 saturated carbocycles. The standard InChI is InChI=1S/C11H11F4N5O3/c12-4-6(22)3(1-21)23-9(4)20-2-17-5-7(16)18-10(11(13,14)15)19-8(5)20/h2-4,6,9,21-22H,1H2,(H2,16,18,19)/t3-,4?,6?,9-/m1/s1. The van der Waals surface area contributed by atoms with Gasteiger partial charge in [-0.05, 0) is 0 Å². The highest BCUT2D eigenvalue weighted by atomic mass is 19.4. The van der Waals surface area contributed by atoms with Gasteiger partial charge in [0.2, 0.25) is 5.82 Å². The third kappa shape index (κ3) is 2.48. The number of ether oxygens (including phenoxy) is 1. The molecule has 0 spiro atoms. The third-order valence-electron chi connectivity index (χ3n) is 3.45. The van der Waals surface area contributed by atoms with Crippen molar-refractivity contribution in [2.45, 2.75) is 30.8 Å². The van der Waals surface area contributed by atoms with Crippen molar-refractivity contribution in [2.75, 3.05) is 12.3 Å². The predicted molar refractivity (Wildman–Crippen MR) is 66.6 cm³/mol. The Balaban J connectivity index is 2.10. The van der Waals surface area contributed by atoms with Crippen molar-refractivity contribution in [1.29, 1.82) is 0 Å². The minimum Gasteiger partial charge on any atom is -0.394 e. The lowest BCUT2D eigenvalue weighted by Gasteiger charge is -2.15. The number of nitrogens with two attached hydrogens (primary N) is 1. The molecule has 2 unspecified atom stereocenters. The van der Waals surface area contributed by atoms with Gasteiger partial charge >= 0.3 is 6.18 Å². The quantitative estimate of drug-likeness (QED) is 0.661. The van der Waals surface area contributed by atoms with E-state index in [1.807, 2.05) is 0 Å². The van der Waals surface area contributed by atoms with Gasteiger partial charge in [-0.25, -0.2) is 19.3 Å². The van der Waals surface area contributed by atoms with Gasteiger partial charge in [-0.3, -0.25) is 4.57 Å². The highest BCUT2D eigenvalue weighted by molar-refractivity contribution is 5.81. The van der Waals surface area contributed by atoms with Gasteiger partial charge in [-0.2, -0.15) is 13.2 Å². The number of hydrogen-bond donors (Lipinski definition) is 3. The Morgan fingerprint density at radius 3 is 2.61 bits per heavy atom. The first-order valence-corrected chi connectivity index (χ1v) is 6.39. The van der Waals surface area contributed by atoms with Gasteiger partial charge in [0.1, 0.15) is 17.7 Å². The molecule has 2 aromatic rings. The van der Waals surface area contributed by atoms with Crippen LogP contribution in [0.4, 0.5) is 23.4 Å². The largest absolute Gasteiger partial charge is 0.451 e. The molecule has 4 N–H and O–H groups in total. The molecule has 1 aliphatic heterocycles. The Hall–Kier alpha value is -2.05. The van der Waals surface area contributed by atoms with E-state index in [2.05, 4.69) is 15.0 Å². The van der Waals surface area contributed by atoms with Crippen LogP contribution in [-0.4, -0.2) is 54.7 Å². The van der Waals surface area contributed by atoms with Crippen molar-refractivity contribution in [2.24, 2.45) is 0 Å². The van der Waals surface area contributed by atoms with Crippen LogP contribution < -0.4 is 5.73 Å². The number of nitrogens with zero attached hydrogens (tertiary/aromatic N) is 4. The van der Waals surface area contributed by atoms with Crippen LogP contribution in [0.3, 0.4) is 0 Å². The number of fused-ring (bicyclic) bond motifs is 1. The van der Waals surface area contributed by atoms with Crippen molar-refractivity contribution in [3.63, 3.8) is 0 Å². The van der Waals surface area contributed by atoms with Gasteiger partial charge in [0.05, 0.1) is 12.9 Å². The summed E-state index contributed by atoms with van der Waals surface area (Å²) in [7, 11) is 0. The van der Waals surface area contributed by atoms with E-state index >= 15 is 0 Å². The lowest BCUT2D eigenvalue weighted by Crippen LogP contribution is -2.30. The van der Waals surface area contributed by atoms with E-state index in [0.717, 1.165) is 10.9 Å². The van der Waals surface area contributed by atoms with E-state index in [-0.39, 0.29) is 11.2 Å². The summed E-state index contributed by atoms with van der Waals surface area (Å²) >= 11 is 0. The van der Waals surface area contributed by atoms with Gasteiger partial charge in [0.15, 0.2) is 23.9 Å². The van der Waals surface area contributed by atoms with Gasteiger partial charge in [-0.15, -0.1) is 0 Å². The van der Waals surface area contributed by atoms with Crippen molar-refractivity contribution >= 4 is 17.0 Å². The smallest absolute Gasteiger partial charge is 0.394 e. The van der Waals surface area contributed by atoms with Crippen LogP contribution in [0.1, 0.15) is 12.1 Å². The Kier molecular flexibility index (Phi) is 3.61. The second-order valence-corrected chi connectivity index (χ2v) is 4.94. The maximum absolute atomic E-state index is 14.1. The zero-order valence-electron chi connectivity index (χ0n) is 11.3. The highest BCUT2D eigenvalue weighted by Gasteiger charge is 2.46. The summed E-state index contributed by atoms with van der Waals surface area (Å²) in [5.41, 5.74) is 4.89. The van der Waals surface area contributed by atoms with Crippen molar-refractivity contribution in [3.05, 3.63) is 12.2 Å². The molecule has 2 aromatic heterocycles. The molecular weight excluding hydrogens is 326 g/mol. The molecule has 8 nitrogen and oxygen atoms in total. The van der Waals surface area contributed by atoms with Crippen LogP contribution in [0.2, 0.25) is 0 Å². The van der Waals surface area contributed by atoms with Gasteiger partial charge in [-0.1, -0.05) is 0 Å². The molecule has 0 bridgehead atoms. The minimum absolute atomic E-state index is 0.157. The second-order valence-electron chi connectivity index (χ2n) is 4.94. The van der Waals surface area contributed by atoms with Crippen LogP contribution in [0.25, 0.3) is 11.2 Å². The number of aliphatic hydroxyl groups excluding tert-OH is 2. The van der Waals surface area contributed by atoms with Crippen LogP contribution in [0.15, 0.2) is 6.33 Å². The Bertz CT molecular complexity index is 736. The van der Waals surface area contributed by atoms with Crippen molar-refractivity contribution < 1.29 is 32.5 Å². The van der Waals surface area contributed by atoms with E-state index in [1.54, 1.807) is 0 Å². The average Bonchev–Trinajstić information content (AvgIpc) is 3.01. The number of imidazole rings is 1. The lowest BCUT2D eigenvalue weighted by molar-refractivity contribution is -0.144. The molecule has 4 atom stereocenters. The third-order valence-corrected chi connectivity index (χ3v) is 3.45. The van der Waals surface area contributed by atoms with Gasteiger partial charge in [0.25, 0.3) is 0 Å². The lowest BCUT2D eigenvalue weighted by atomic mass is 10.1. The number of hydrogen-bond acceptors (Lipinski definition) is 7. The Labute approximate surface area is 125 Å². The summed E-state index contributed by atoms with van der Waals surface area (Å²) in [6.07, 6.45) is -10.2. The Morgan fingerprint density at radius 1 is 1.35 bits per heavy atom. The van der Waals surface area contributed by atoms with E-state index in [1.165, 1.54) is 0 Å². The SMILES string of the molecule is Nc1nc(C(F)(F)F)nc2c1ncn2[C@@H]1O[C@H](CO)C(O)C1F. The molecule has 0 aliphatic carbocycles. The molecular formula is C11H11F4N5O3. The normalized spacial score (nSPS) is 28.6. The maximum Gasteiger partial charge on any atom is 0.451 e. The number of alkyl halides is 4. The molecule has 126 valence electrons. The Morgan fingerprint density at radius 2 is 2.04 bits per heavy atom. The number of halogens is 4. The van der Waals surface area contributed by atoms with E-state index in [0.29, 0.717) is 0 Å². The zero-order valence-corrected chi connectivity index (χ0v) is 11.3. The summed E-state index contributed by atoms with van der Waals surface area (Å²) in [5, 5.41) is 18.6. The van der Waals surface area contributed by atoms with Gasteiger partial charge in [0, 0.05) is 0 Å². The maximum atomic E-state index is 14.1. The number of nitrogen functional groups attached to an aromatic ring is 1. The van der Waals surface area contributed by atoms with Gasteiger partial charge < -0.3 is 20.7 Å². The molecule has 1 saturated heterocycles. The first-order valence-electron chi connectivity index (χ1n) is 6.39. The summed E-state index contributed by atoms with van der Waals surface area (Å²) in [6, 6.07) is 0. The highest BCUT2D eigenvalue weighted by Crippen LogP contribution is 2.35. The molecule has 0 aromatic carbocycles. The number of aliphatic hydroxyl groups is 2. The van der Waals surface area contributed by atoms with E-state index in [9.17, 15) is 22.7 Å². The second kappa shape index (κ2) is 5.25. The average molecular weight is 337 g/mol. The minimum atomic E-state index is -4.85.